The summed E-state index contributed by atoms with van der Waals surface area (Å²) in [5.41, 5.74) is 16.1. The van der Waals surface area contributed by atoms with Crippen molar-refractivity contribution >= 4 is 43.9 Å². The van der Waals surface area contributed by atoms with E-state index in [2.05, 4.69) is 158 Å². The molecule has 0 N–H and O–H groups in total. The standard InChI is InChI=1S/C49H35N3/c1-49(2)43-20-9-6-17-37(43)41-27-42-39-19-8-11-22-47(39)52(48(42)29-44(41)49)36-25-34(33-16-12-13-31(23-33)30-50)24-35(26-36)40-28-46(32-14-4-3-5-15-32)51-45-21-10-7-18-38(40)45/h3-24,26-29,36H,25H2,1-2H3. The third-order valence-corrected chi connectivity index (χ3v) is 11.3. The zero-order chi connectivity index (χ0) is 35.0. The molecule has 3 heteroatoms. The van der Waals surface area contributed by atoms with Crippen molar-refractivity contribution in [1.82, 2.24) is 9.55 Å². The molecule has 2 heterocycles. The lowest BCUT2D eigenvalue weighted by Gasteiger charge is -2.27. The van der Waals surface area contributed by atoms with Crippen LogP contribution in [0, 0.1) is 11.3 Å². The highest BCUT2D eigenvalue weighted by molar-refractivity contribution is 6.11. The number of fused-ring (bicyclic) bond motifs is 7. The van der Waals surface area contributed by atoms with Gasteiger partial charge in [-0.15, -0.1) is 0 Å². The highest BCUT2D eigenvalue weighted by Crippen LogP contribution is 2.51. The van der Waals surface area contributed by atoms with Crippen LogP contribution in [0.25, 0.3) is 66.2 Å². The fraction of sp³-hybridized carbons (Fsp3) is 0.102. The average Bonchev–Trinajstić information content (AvgIpc) is 3.64. The summed E-state index contributed by atoms with van der Waals surface area (Å²) in [6, 6.07) is 54.3. The summed E-state index contributed by atoms with van der Waals surface area (Å²) in [5, 5.41) is 13.5. The fourth-order valence-corrected chi connectivity index (χ4v) is 8.83. The SMILES string of the molecule is CC1(C)c2ccccc2-c2cc3c4ccccc4n(C4C=C(c5cc(-c6ccccc6)nc6ccccc56)C=C(c5cccc(C#N)c5)C4)c3cc21. The Hall–Kier alpha value is -6.50. The van der Waals surface area contributed by atoms with Crippen LogP contribution in [-0.4, -0.2) is 9.55 Å². The summed E-state index contributed by atoms with van der Waals surface area (Å²) >= 11 is 0. The van der Waals surface area contributed by atoms with Gasteiger partial charge >= 0.3 is 0 Å². The Kier molecular flexibility index (Phi) is 6.72. The van der Waals surface area contributed by atoms with Gasteiger partial charge in [0.1, 0.15) is 0 Å². The highest BCUT2D eigenvalue weighted by Gasteiger charge is 2.36. The normalized spacial score (nSPS) is 16.0. The maximum Gasteiger partial charge on any atom is 0.0991 e. The van der Waals surface area contributed by atoms with Crippen LogP contribution in [-0.2, 0) is 5.41 Å². The van der Waals surface area contributed by atoms with Crippen LogP contribution in [0.4, 0.5) is 0 Å². The fourth-order valence-electron chi connectivity index (χ4n) is 8.83. The molecule has 0 bridgehead atoms. The molecule has 0 spiro atoms. The first-order valence-corrected chi connectivity index (χ1v) is 18.0. The highest BCUT2D eigenvalue weighted by atomic mass is 15.0. The number of hydrogen-bond acceptors (Lipinski definition) is 2. The molecule has 0 aliphatic heterocycles. The van der Waals surface area contributed by atoms with Crippen molar-refractivity contribution in [2.75, 3.05) is 0 Å². The van der Waals surface area contributed by atoms with E-state index in [1.807, 2.05) is 24.3 Å². The van der Waals surface area contributed by atoms with Crippen LogP contribution in [0.2, 0.25) is 0 Å². The third-order valence-electron chi connectivity index (χ3n) is 11.3. The molecule has 52 heavy (non-hydrogen) atoms. The molecule has 0 fully saturated rings. The van der Waals surface area contributed by atoms with E-state index in [1.54, 1.807) is 0 Å². The minimum Gasteiger partial charge on any atom is -0.333 e. The van der Waals surface area contributed by atoms with Gasteiger partial charge in [-0.25, -0.2) is 4.98 Å². The Morgan fingerprint density at radius 2 is 1.38 bits per heavy atom. The minimum atomic E-state index is -0.110. The van der Waals surface area contributed by atoms with Crippen molar-refractivity contribution in [2.45, 2.75) is 31.7 Å². The van der Waals surface area contributed by atoms with Gasteiger partial charge in [0.2, 0.25) is 0 Å². The molecule has 6 aromatic carbocycles. The first-order chi connectivity index (χ1) is 25.5. The summed E-state index contributed by atoms with van der Waals surface area (Å²) in [4.78, 5) is 5.13. The molecular weight excluding hydrogens is 631 g/mol. The molecule has 0 amide bonds. The second kappa shape index (κ2) is 11.5. The predicted molar refractivity (Wildman–Crippen MR) is 215 cm³/mol. The summed E-state index contributed by atoms with van der Waals surface area (Å²) in [5.74, 6) is 0. The van der Waals surface area contributed by atoms with E-state index in [-0.39, 0.29) is 11.5 Å². The van der Waals surface area contributed by atoms with Gasteiger partial charge in [0, 0.05) is 32.7 Å². The molecule has 246 valence electrons. The number of aromatic nitrogens is 2. The number of rotatable bonds is 4. The zero-order valence-electron chi connectivity index (χ0n) is 29.1. The second-order valence-electron chi connectivity index (χ2n) is 14.7. The molecular formula is C49H35N3. The van der Waals surface area contributed by atoms with Gasteiger partial charge in [-0.3, -0.25) is 0 Å². The average molecular weight is 666 g/mol. The van der Waals surface area contributed by atoms with Crippen molar-refractivity contribution in [3.63, 3.8) is 0 Å². The molecule has 2 aliphatic rings. The number of allylic oxidation sites excluding steroid dienone is 4. The maximum absolute atomic E-state index is 9.88. The Bertz CT molecular complexity index is 2860. The summed E-state index contributed by atoms with van der Waals surface area (Å²) in [7, 11) is 0. The lowest BCUT2D eigenvalue weighted by molar-refractivity contribution is 0.649. The van der Waals surface area contributed by atoms with Crippen LogP contribution in [0.1, 0.15) is 54.1 Å². The first kappa shape index (κ1) is 30.3. The summed E-state index contributed by atoms with van der Waals surface area (Å²) in [6.07, 6.45) is 5.60. The zero-order valence-corrected chi connectivity index (χ0v) is 29.1. The van der Waals surface area contributed by atoms with Crippen LogP contribution in [0.15, 0.2) is 158 Å². The smallest absolute Gasteiger partial charge is 0.0991 e. The third kappa shape index (κ3) is 4.61. The topological polar surface area (TPSA) is 41.6 Å². The van der Waals surface area contributed by atoms with E-state index in [1.165, 1.54) is 49.6 Å². The molecule has 0 saturated heterocycles. The van der Waals surface area contributed by atoms with Gasteiger partial charge in [0.05, 0.1) is 34.4 Å². The first-order valence-electron chi connectivity index (χ1n) is 18.0. The van der Waals surface area contributed by atoms with Crippen molar-refractivity contribution in [3.8, 4) is 28.5 Å². The van der Waals surface area contributed by atoms with E-state index in [4.69, 9.17) is 4.98 Å². The maximum atomic E-state index is 9.88. The Balaban J connectivity index is 1.24. The van der Waals surface area contributed by atoms with Crippen LogP contribution in [0.5, 0.6) is 0 Å². The number of pyridine rings is 1. The number of benzene rings is 6. The van der Waals surface area contributed by atoms with Crippen molar-refractivity contribution in [1.29, 1.82) is 5.26 Å². The van der Waals surface area contributed by atoms with Gasteiger partial charge in [0.15, 0.2) is 0 Å². The summed E-state index contributed by atoms with van der Waals surface area (Å²) < 4.78 is 2.58. The lowest BCUT2D eigenvalue weighted by Crippen LogP contribution is -2.15. The van der Waals surface area contributed by atoms with Gasteiger partial charge in [-0.1, -0.05) is 129 Å². The van der Waals surface area contributed by atoms with Gasteiger partial charge < -0.3 is 4.57 Å². The van der Waals surface area contributed by atoms with E-state index >= 15 is 0 Å². The van der Waals surface area contributed by atoms with Gasteiger partial charge in [0.25, 0.3) is 0 Å². The Morgan fingerprint density at radius 3 is 2.25 bits per heavy atom. The monoisotopic (exact) mass is 665 g/mol. The molecule has 0 radical (unpaired) electrons. The van der Waals surface area contributed by atoms with Crippen molar-refractivity contribution in [3.05, 3.63) is 186 Å². The van der Waals surface area contributed by atoms with Crippen molar-refractivity contribution in [2.24, 2.45) is 0 Å². The predicted octanol–water partition coefficient (Wildman–Crippen LogP) is 12.3. The summed E-state index contributed by atoms with van der Waals surface area (Å²) in [6.45, 7) is 4.72. The van der Waals surface area contributed by atoms with Gasteiger partial charge in [-0.05, 0) is 93.4 Å². The molecule has 2 aliphatic carbocycles. The van der Waals surface area contributed by atoms with Crippen LogP contribution in [0.3, 0.4) is 0 Å². The molecule has 1 atom stereocenters. The van der Waals surface area contributed by atoms with Gasteiger partial charge in [-0.2, -0.15) is 5.26 Å². The van der Waals surface area contributed by atoms with Crippen LogP contribution >= 0.6 is 0 Å². The number of nitrogens with zero attached hydrogens (tertiary/aromatic N) is 3. The number of hydrogen-bond donors (Lipinski definition) is 0. The van der Waals surface area contributed by atoms with E-state index < -0.39 is 0 Å². The molecule has 10 rings (SSSR count). The molecule has 3 nitrogen and oxygen atoms in total. The second-order valence-corrected chi connectivity index (χ2v) is 14.7. The molecule has 2 aromatic heterocycles. The molecule has 0 saturated carbocycles. The van der Waals surface area contributed by atoms with E-state index in [0.717, 1.165) is 45.3 Å². The largest absolute Gasteiger partial charge is 0.333 e. The Labute approximate surface area is 303 Å². The van der Waals surface area contributed by atoms with Crippen molar-refractivity contribution < 1.29 is 0 Å². The number of nitriles is 1. The van der Waals surface area contributed by atoms with Crippen LogP contribution < -0.4 is 0 Å². The quantitative estimate of drug-likeness (QED) is 0.188. The molecule has 8 aromatic rings. The minimum absolute atomic E-state index is 0.0141. The number of para-hydroxylation sites is 2. The lowest BCUT2D eigenvalue weighted by atomic mass is 9.82. The Morgan fingerprint density at radius 1 is 0.635 bits per heavy atom. The molecule has 1 unspecified atom stereocenters. The van der Waals surface area contributed by atoms with E-state index in [0.29, 0.717) is 5.56 Å². The van der Waals surface area contributed by atoms with E-state index in [9.17, 15) is 5.26 Å².